The average Bonchev–Trinajstić information content (AvgIpc) is 2.76. The number of hydrogen-bond donors (Lipinski definition) is 0. The van der Waals surface area contributed by atoms with Crippen LogP contribution in [0.1, 0.15) is 51.4 Å². The van der Waals surface area contributed by atoms with Gasteiger partial charge in [0.1, 0.15) is 5.78 Å². The lowest BCUT2D eigenvalue weighted by molar-refractivity contribution is -0.128. The SMILES string of the molecule is CSC1CCC(N2C3CCCC2CC(=O)C3)C1. The van der Waals surface area contributed by atoms with Crippen molar-refractivity contribution in [2.75, 3.05) is 6.26 Å². The molecule has 2 bridgehead atoms. The largest absolute Gasteiger partial charge is 0.300 e. The Morgan fingerprint density at radius 3 is 2.35 bits per heavy atom. The van der Waals surface area contributed by atoms with Gasteiger partial charge in [-0.2, -0.15) is 11.8 Å². The number of carbonyl (C=O) groups is 1. The summed E-state index contributed by atoms with van der Waals surface area (Å²) in [7, 11) is 0. The van der Waals surface area contributed by atoms with Crippen LogP contribution in [-0.4, -0.2) is 40.3 Å². The molecule has 17 heavy (non-hydrogen) atoms. The number of carbonyl (C=O) groups excluding carboxylic acids is 1. The lowest BCUT2D eigenvalue weighted by atomic mass is 9.82. The van der Waals surface area contributed by atoms with Crippen LogP contribution in [0.5, 0.6) is 0 Å². The van der Waals surface area contributed by atoms with E-state index in [1.54, 1.807) is 0 Å². The number of ketones is 1. The van der Waals surface area contributed by atoms with Crippen molar-refractivity contribution < 1.29 is 4.79 Å². The van der Waals surface area contributed by atoms with Gasteiger partial charge < -0.3 is 0 Å². The Kier molecular flexibility index (Phi) is 3.49. The topological polar surface area (TPSA) is 20.3 Å². The third-order valence-corrected chi connectivity index (χ3v) is 6.05. The maximum absolute atomic E-state index is 11.7. The van der Waals surface area contributed by atoms with Crippen molar-refractivity contribution in [1.82, 2.24) is 4.90 Å². The number of fused-ring (bicyclic) bond motifs is 2. The van der Waals surface area contributed by atoms with Crippen molar-refractivity contribution in [2.45, 2.75) is 74.7 Å². The summed E-state index contributed by atoms with van der Waals surface area (Å²) in [5, 5.41) is 0.873. The second kappa shape index (κ2) is 4.93. The summed E-state index contributed by atoms with van der Waals surface area (Å²) in [4.78, 5) is 14.5. The summed E-state index contributed by atoms with van der Waals surface area (Å²) in [6.45, 7) is 0. The first-order chi connectivity index (χ1) is 8.28. The van der Waals surface area contributed by atoms with Gasteiger partial charge in [0, 0.05) is 36.2 Å². The molecule has 0 N–H and O–H groups in total. The monoisotopic (exact) mass is 253 g/mol. The van der Waals surface area contributed by atoms with Gasteiger partial charge in [-0.25, -0.2) is 0 Å². The van der Waals surface area contributed by atoms with E-state index in [1.165, 1.54) is 38.5 Å². The van der Waals surface area contributed by atoms with Crippen molar-refractivity contribution in [3.05, 3.63) is 0 Å². The third kappa shape index (κ3) is 2.28. The molecule has 3 aliphatic rings. The fourth-order valence-electron chi connectivity index (χ4n) is 4.21. The van der Waals surface area contributed by atoms with Crippen LogP contribution in [0.2, 0.25) is 0 Å². The van der Waals surface area contributed by atoms with Crippen molar-refractivity contribution >= 4 is 17.5 Å². The molecule has 1 saturated carbocycles. The molecular formula is C14H23NOS. The second-order valence-electron chi connectivity index (χ2n) is 5.96. The molecule has 2 saturated heterocycles. The lowest BCUT2D eigenvalue weighted by Crippen LogP contribution is -2.56. The fraction of sp³-hybridized carbons (Fsp3) is 0.929. The van der Waals surface area contributed by atoms with Crippen LogP contribution in [0.4, 0.5) is 0 Å². The maximum Gasteiger partial charge on any atom is 0.136 e. The minimum atomic E-state index is 0.523. The maximum atomic E-state index is 11.7. The van der Waals surface area contributed by atoms with Crippen LogP contribution in [0.15, 0.2) is 0 Å². The molecule has 0 aromatic carbocycles. The zero-order valence-corrected chi connectivity index (χ0v) is 11.5. The Labute approximate surface area is 109 Å². The molecule has 1 aliphatic carbocycles. The lowest BCUT2D eigenvalue weighted by Gasteiger charge is -2.48. The summed E-state index contributed by atoms with van der Waals surface area (Å²) >= 11 is 2.04. The molecule has 2 nitrogen and oxygen atoms in total. The molecular weight excluding hydrogens is 230 g/mol. The number of piperidine rings is 2. The van der Waals surface area contributed by atoms with E-state index in [0.717, 1.165) is 24.1 Å². The summed E-state index contributed by atoms with van der Waals surface area (Å²) in [5.74, 6) is 0.523. The Hall–Kier alpha value is -0.0200. The highest BCUT2D eigenvalue weighted by Crippen LogP contribution is 2.40. The van der Waals surface area contributed by atoms with E-state index in [9.17, 15) is 4.79 Å². The van der Waals surface area contributed by atoms with Crippen molar-refractivity contribution in [3.63, 3.8) is 0 Å². The molecule has 3 heteroatoms. The van der Waals surface area contributed by atoms with Gasteiger partial charge in [-0.15, -0.1) is 0 Å². The normalized spacial score (nSPS) is 43.0. The quantitative estimate of drug-likeness (QED) is 0.755. The van der Waals surface area contributed by atoms with E-state index in [1.807, 2.05) is 11.8 Å². The summed E-state index contributed by atoms with van der Waals surface area (Å²) in [5.41, 5.74) is 0. The van der Waals surface area contributed by atoms with Crippen molar-refractivity contribution in [1.29, 1.82) is 0 Å². The molecule has 4 unspecified atom stereocenters. The van der Waals surface area contributed by atoms with Crippen molar-refractivity contribution in [2.24, 2.45) is 0 Å². The van der Waals surface area contributed by atoms with Gasteiger partial charge in [0.15, 0.2) is 0 Å². The number of Topliss-reactive ketones (excluding diaryl/α,β-unsaturated/α-hetero) is 1. The first kappa shape index (κ1) is 12.0. The predicted octanol–water partition coefficient (Wildman–Crippen LogP) is 2.86. The van der Waals surface area contributed by atoms with Crippen LogP contribution in [-0.2, 0) is 4.79 Å². The molecule has 3 fully saturated rings. The number of nitrogens with zero attached hydrogens (tertiary/aromatic N) is 1. The van der Waals surface area contributed by atoms with Gasteiger partial charge in [0.25, 0.3) is 0 Å². The average molecular weight is 253 g/mol. The van der Waals surface area contributed by atoms with E-state index in [2.05, 4.69) is 11.2 Å². The number of thioether (sulfide) groups is 1. The van der Waals surface area contributed by atoms with E-state index in [4.69, 9.17) is 0 Å². The minimum absolute atomic E-state index is 0.523. The first-order valence-corrected chi connectivity index (χ1v) is 8.38. The first-order valence-electron chi connectivity index (χ1n) is 7.10. The van der Waals surface area contributed by atoms with Gasteiger partial charge in [-0.05, 0) is 38.4 Å². The number of hydrogen-bond acceptors (Lipinski definition) is 3. The molecule has 2 heterocycles. The van der Waals surface area contributed by atoms with Crippen LogP contribution in [0.3, 0.4) is 0 Å². The predicted molar refractivity (Wildman–Crippen MR) is 72.4 cm³/mol. The standard InChI is InChI=1S/C14H23NOS/c1-17-14-6-5-12(9-14)15-10-3-2-4-11(15)8-13(16)7-10/h10-12,14H,2-9H2,1H3. The Morgan fingerprint density at radius 1 is 1.06 bits per heavy atom. The van der Waals surface area contributed by atoms with Crippen LogP contribution in [0.25, 0.3) is 0 Å². The third-order valence-electron chi connectivity index (χ3n) is 4.96. The molecule has 0 radical (unpaired) electrons. The van der Waals surface area contributed by atoms with E-state index >= 15 is 0 Å². The molecule has 2 aliphatic heterocycles. The van der Waals surface area contributed by atoms with Gasteiger partial charge in [-0.3, -0.25) is 9.69 Å². The van der Waals surface area contributed by atoms with E-state index in [0.29, 0.717) is 17.9 Å². The highest BCUT2D eigenvalue weighted by molar-refractivity contribution is 7.99. The Bertz CT molecular complexity index is 291. The molecule has 0 spiro atoms. The molecule has 4 atom stereocenters. The van der Waals surface area contributed by atoms with Crippen LogP contribution in [0, 0.1) is 0 Å². The van der Waals surface area contributed by atoms with E-state index < -0.39 is 0 Å². The summed E-state index contributed by atoms with van der Waals surface area (Å²) < 4.78 is 0. The van der Waals surface area contributed by atoms with E-state index in [-0.39, 0.29) is 0 Å². The van der Waals surface area contributed by atoms with Gasteiger partial charge in [0.2, 0.25) is 0 Å². The van der Waals surface area contributed by atoms with Gasteiger partial charge >= 0.3 is 0 Å². The summed E-state index contributed by atoms with van der Waals surface area (Å²) in [6, 6.07) is 1.98. The smallest absolute Gasteiger partial charge is 0.136 e. The highest BCUT2D eigenvalue weighted by atomic mass is 32.2. The Morgan fingerprint density at radius 2 is 1.76 bits per heavy atom. The molecule has 3 rings (SSSR count). The van der Waals surface area contributed by atoms with Gasteiger partial charge in [-0.1, -0.05) is 6.42 Å². The zero-order valence-electron chi connectivity index (χ0n) is 10.7. The zero-order chi connectivity index (χ0) is 11.8. The van der Waals surface area contributed by atoms with Crippen LogP contribution < -0.4 is 0 Å². The fourth-order valence-corrected chi connectivity index (χ4v) is 4.99. The van der Waals surface area contributed by atoms with Gasteiger partial charge in [0.05, 0.1) is 0 Å². The second-order valence-corrected chi connectivity index (χ2v) is 7.10. The van der Waals surface area contributed by atoms with Crippen molar-refractivity contribution in [3.8, 4) is 0 Å². The highest BCUT2D eigenvalue weighted by Gasteiger charge is 2.42. The summed E-state index contributed by atoms with van der Waals surface area (Å²) in [6.07, 6.45) is 11.9. The minimum Gasteiger partial charge on any atom is -0.300 e. The molecule has 0 aromatic heterocycles. The number of rotatable bonds is 2. The molecule has 96 valence electrons. The molecule has 0 aromatic rings. The van der Waals surface area contributed by atoms with Crippen LogP contribution >= 0.6 is 11.8 Å². The Balaban J connectivity index is 1.72. The molecule has 0 amide bonds.